The molecule has 5 heteroatoms. The first kappa shape index (κ1) is 13.3. The maximum Gasteiger partial charge on any atom is 0.128 e. The van der Waals surface area contributed by atoms with Gasteiger partial charge in [0.05, 0.1) is 6.04 Å². The van der Waals surface area contributed by atoms with E-state index in [-0.39, 0.29) is 5.56 Å². The fourth-order valence-corrected chi connectivity index (χ4v) is 2.20. The average Bonchev–Trinajstić information content (AvgIpc) is 2.31. The molecule has 1 unspecified atom stereocenters. The van der Waals surface area contributed by atoms with Gasteiger partial charge in [0, 0.05) is 15.6 Å². The summed E-state index contributed by atoms with van der Waals surface area (Å²) in [5, 5.41) is 0.773. The molecule has 0 aliphatic rings. The molecule has 94 valence electrons. The first-order chi connectivity index (χ1) is 8.49. The summed E-state index contributed by atoms with van der Waals surface area (Å²) in [5.74, 6) is -1.12. The second kappa shape index (κ2) is 5.22. The van der Waals surface area contributed by atoms with Crippen LogP contribution in [0.3, 0.4) is 0 Å². The van der Waals surface area contributed by atoms with Crippen molar-refractivity contribution in [3.05, 3.63) is 69.2 Å². The molecule has 0 amide bonds. The Bertz CT molecular complexity index is 587. The fourth-order valence-electron chi connectivity index (χ4n) is 1.67. The summed E-state index contributed by atoms with van der Waals surface area (Å²) in [6, 6.07) is 6.99. The van der Waals surface area contributed by atoms with Crippen LogP contribution < -0.4 is 5.73 Å². The van der Waals surface area contributed by atoms with E-state index in [1.165, 1.54) is 6.07 Å². The highest BCUT2D eigenvalue weighted by Crippen LogP contribution is 2.30. The summed E-state index contributed by atoms with van der Waals surface area (Å²) >= 11 is 11.8. The minimum absolute atomic E-state index is 0.0548. The number of rotatable bonds is 2. The number of hydrogen-bond acceptors (Lipinski definition) is 1. The van der Waals surface area contributed by atoms with Gasteiger partial charge in [-0.2, -0.15) is 0 Å². The Kier molecular flexibility index (Phi) is 3.85. The minimum Gasteiger partial charge on any atom is -0.320 e. The van der Waals surface area contributed by atoms with Gasteiger partial charge in [0.25, 0.3) is 0 Å². The van der Waals surface area contributed by atoms with Crippen LogP contribution >= 0.6 is 23.2 Å². The highest BCUT2D eigenvalue weighted by atomic mass is 35.5. The molecule has 2 aromatic rings. The Hall–Kier alpha value is -1.16. The number of hydrogen-bond donors (Lipinski definition) is 1. The van der Waals surface area contributed by atoms with Gasteiger partial charge in [0.1, 0.15) is 11.6 Å². The van der Waals surface area contributed by atoms with E-state index < -0.39 is 17.7 Å². The molecule has 0 saturated carbocycles. The van der Waals surface area contributed by atoms with E-state index in [0.29, 0.717) is 15.6 Å². The summed E-state index contributed by atoms with van der Waals surface area (Å²) in [7, 11) is 0. The van der Waals surface area contributed by atoms with Gasteiger partial charge in [-0.25, -0.2) is 8.78 Å². The van der Waals surface area contributed by atoms with Crippen LogP contribution in [0.15, 0.2) is 36.4 Å². The van der Waals surface area contributed by atoms with E-state index in [9.17, 15) is 8.78 Å². The van der Waals surface area contributed by atoms with E-state index >= 15 is 0 Å². The molecule has 1 atom stereocenters. The van der Waals surface area contributed by atoms with Crippen molar-refractivity contribution in [1.82, 2.24) is 0 Å². The predicted octanol–water partition coefficient (Wildman–Crippen LogP) is 4.32. The molecule has 2 N–H and O–H groups in total. The van der Waals surface area contributed by atoms with Crippen LogP contribution in [-0.2, 0) is 0 Å². The van der Waals surface area contributed by atoms with Crippen LogP contribution in [0.25, 0.3) is 0 Å². The molecule has 2 rings (SSSR count). The molecule has 0 heterocycles. The van der Waals surface area contributed by atoms with Crippen LogP contribution in [-0.4, -0.2) is 0 Å². The molecule has 0 radical (unpaired) electrons. The maximum atomic E-state index is 13.6. The van der Waals surface area contributed by atoms with E-state index in [1.807, 2.05) is 0 Å². The van der Waals surface area contributed by atoms with E-state index in [1.54, 1.807) is 12.1 Å². The first-order valence-corrected chi connectivity index (χ1v) is 5.90. The lowest BCUT2D eigenvalue weighted by Crippen LogP contribution is -2.14. The van der Waals surface area contributed by atoms with Crippen LogP contribution in [0.1, 0.15) is 17.2 Å². The average molecular weight is 288 g/mol. The second-order valence-corrected chi connectivity index (χ2v) is 4.65. The maximum absolute atomic E-state index is 13.6. The van der Waals surface area contributed by atoms with Crippen molar-refractivity contribution in [3.8, 4) is 0 Å². The summed E-state index contributed by atoms with van der Waals surface area (Å²) in [6.07, 6.45) is 0. The van der Waals surface area contributed by atoms with Gasteiger partial charge in [-0.15, -0.1) is 0 Å². The van der Waals surface area contributed by atoms with Crippen molar-refractivity contribution in [2.45, 2.75) is 6.04 Å². The first-order valence-electron chi connectivity index (χ1n) is 5.14. The monoisotopic (exact) mass is 287 g/mol. The molecule has 18 heavy (non-hydrogen) atoms. The van der Waals surface area contributed by atoms with Gasteiger partial charge in [0.15, 0.2) is 0 Å². The summed E-state index contributed by atoms with van der Waals surface area (Å²) in [4.78, 5) is 0. The van der Waals surface area contributed by atoms with Crippen molar-refractivity contribution >= 4 is 23.2 Å². The topological polar surface area (TPSA) is 26.0 Å². The molecule has 0 spiro atoms. The number of nitrogens with two attached hydrogens (primary N) is 1. The Morgan fingerprint density at radius 3 is 2.33 bits per heavy atom. The van der Waals surface area contributed by atoms with Crippen LogP contribution in [0.2, 0.25) is 10.0 Å². The number of halogens is 4. The van der Waals surface area contributed by atoms with Gasteiger partial charge in [-0.3, -0.25) is 0 Å². The molecule has 0 fully saturated rings. The van der Waals surface area contributed by atoms with Crippen LogP contribution in [0, 0.1) is 11.6 Å². The standard InChI is InChI=1S/C13H9Cl2F2N/c14-7-1-3-9(11(15)5-7)13(18)10-6-8(16)2-4-12(10)17/h1-6,13H,18H2. The molecule has 2 aromatic carbocycles. The molecule has 0 aliphatic carbocycles. The molecule has 0 aromatic heterocycles. The molecule has 0 aliphatic heterocycles. The van der Waals surface area contributed by atoms with Gasteiger partial charge in [0.2, 0.25) is 0 Å². The SMILES string of the molecule is NC(c1cc(F)ccc1F)c1ccc(Cl)cc1Cl. The lowest BCUT2D eigenvalue weighted by Gasteiger charge is -2.15. The van der Waals surface area contributed by atoms with Gasteiger partial charge < -0.3 is 5.73 Å². The third kappa shape index (κ3) is 2.64. The number of benzene rings is 2. The van der Waals surface area contributed by atoms with Gasteiger partial charge >= 0.3 is 0 Å². The van der Waals surface area contributed by atoms with Crippen LogP contribution in [0.5, 0.6) is 0 Å². The highest BCUT2D eigenvalue weighted by molar-refractivity contribution is 6.35. The lowest BCUT2D eigenvalue weighted by atomic mass is 9.99. The molecule has 1 nitrogen and oxygen atoms in total. The molecular formula is C13H9Cl2F2N. The third-order valence-electron chi connectivity index (χ3n) is 2.59. The zero-order valence-electron chi connectivity index (χ0n) is 9.13. The molecule has 0 saturated heterocycles. The fraction of sp³-hybridized carbons (Fsp3) is 0.0769. The zero-order valence-corrected chi connectivity index (χ0v) is 10.6. The smallest absolute Gasteiger partial charge is 0.128 e. The van der Waals surface area contributed by atoms with Crippen molar-refractivity contribution in [3.63, 3.8) is 0 Å². The Morgan fingerprint density at radius 2 is 1.67 bits per heavy atom. The Morgan fingerprint density at radius 1 is 0.944 bits per heavy atom. The third-order valence-corrected chi connectivity index (χ3v) is 3.15. The quantitative estimate of drug-likeness (QED) is 0.875. The van der Waals surface area contributed by atoms with E-state index in [4.69, 9.17) is 28.9 Å². The Labute approximate surface area is 113 Å². The van der Waals surface area contributed by atoms with Gasteiger partial charge in [-0.05, 0) is 35.9 Å². The van der Waals surface area contributed by atoms with Crippen molar-refractivity contribution < 1.29 is 8.78 Å². The zero-order chi connectivity index (χ0) is 13.3. The summed E-state index contributed by atoms with van der Waals surface area (Å²) in [5.41, 5.74) is 6.45. The second-order valence-electron chi connectivity index (χ2n) is 3.81. The largest absolute Gasteiger partial charge is 0.320 e. The minimum atomic E-state index is -0.842. The van der Waals surface area contributed by atoms with Crippen LogP contribution in [0.4, 0.5) is 8.78 Å². The van der Waals surface area contributed by atoms with Crippen molar-refractivity contribution in [1.29, 1.82) is 0 Å². The lowest BCUT2D eigenvalue weighted by molar-refractivity contribution is 0.576. The normalized spacial score (nSPS) is 12.5. The Balaban J connectivity index is 2.47. The van der Waals surface area contributed by atoms with Crippen molar-refractivity contribution in [2.24, 2.45) is 5.73 Å². The predicted molar refractivity (Wildman–Crippen MR) is 68.9 cm³/mol. The highest BCUT2D eigenvalue weighted by Gasteiger charge is 2.17. The van der Waals surface area contributed by atoms with E-state index in [0.717, 1.165) is 18.2 Å². The summed E-state index contributed by atoms with van der Waals surface area (Å²) in [6.45, 7) is 0. The van der Waals surface area contributed by atoms with E-state index in [2.05, 4.69) is 0 Å². The molecule has 0 bridgehead atoms. The van der Waals surface area contributed by atoms with Gasteiger partial charge in [-0.1, -0.05) is 29.3 Å². The summed E-state index contributed by atoms with van der Waals surface area (Å²) < 4.78 is 26.7. The van der Waals surface area contributed by atoms with Crippen molar-refractivity contribution in [2.75, 3.05) is 0 Å². The molecular weight excluding hydrogens is 279 g/mol.